The van der Waals surface area contributed by atoms with Crippen LogP contribution >= 0.6 is 0 Å². The summed E-state index contributed by atoms with van der Waals surface area (Å²) in [7, 11) is 0. The van der Waals surface area contributed by atoms with Gasteiger partial charge in [0.1, 0.15) is 48.8 Å². The molecule has 21 atom stereocenters. The molecule has 1 spiro atoms. The quantitative estimate of drug-likeness (QED) is 0.193. The highest BCUT2D eigenvalue weighted by Gasteiger charge is 2.68. The van der Waals surface area contributed by atoms with E-state index in [2.05, 4.69) is 33.8 Å². The van der Waals surface area contributed by atoms with Crippen molar-refractivity contribution in [2.75, 3.05) is 19.8 Å². The molecule has 4 saturated heterocycles. The molecule has 0 aromatic carbocycles. The summed E-state index contributed by atoms with van der Waals surface area (Å²) in [6.07, 6.45) is -3.06. The second-order valence-electron chi connectivity index (χ2n) is 18.3. The van der Waals surface area contributed by atoms with Crippen molar-refractivity contribution in [1.82, 2.24) is 0 Å². The van der Waals surface area contributed by atoms with Crippen molar-refractivity contribution in [3.8, 4) is 0 Å². The second kappa shape index (κ2) is 14.0. The van der Waals surface area contributed by atoms with Gasteiger partial charge in [-0.2, -0.15) is 0 Å². The number of fused-ring (bicyclic) bond motifs is 7. The van der Waals surface area contributed by atoms with Gasteiger partial charge in [0, 0.05) is 12.3 Å². The Bertz CT molecular complexity index is 1320. The molecule has 7 N–H and O–H groups in total. The van der Waals surface area contributed by atoms with Crippen molar-refractivity contribution in [3.05, 3.63) is 11.6 Å². The SMILES string of the molecule is C[C@@H]1CC[C@@]2(OC1)O[C@H]1CC3C4CC=C5CC(O[C@@H]6O[C@H](CO)[C@H](O[C@@H]7O[C@H](CO)[C@@H](O)[C@H](O)[C@H]7O)[C@H](O)[C@H]6O)CC[C@]5(C)C4CC[C@]3(C)[C@H]1[C@@H]2C. The Labute approximate surface area is 306 Å². The predicted molar refractivity (Wildman–Crippen MR) is 183 cm³/mol. The van der Waals surface area contributed by atoms with E-state index in [9.17, 15) is 35.7 Å². The first-order chi connectivity index (χ1) is 24.7. The lowest BCUT2D eigenvalue weighted by atomic mass is 9.47. The van der Waals surface area contributed by atoms with Crippen LogP contribution in [0.2, 0.25) is 0 Å². The number of rotatable bonds is 6. The van der Waals surface area contributed by atoms with Crippen LogP contribution in [0.1, 0.15) is 85.5 Å². The molecule has 4 heterocycles. The minimum absolute atomic E-state index is 0.0572. The zero-order valence-electron chi connectivity index (χ0n) is 31.0. The third-order valence-corrected chi connectivity index (χ3v) is 15.6. The molecule has 4 unspecified atom stereocenters. The largest absolute Gasteiger partial charge is 0.394 e. The van der Waals surface area contributed by atoms with E-state index in [1.807, 2.05) is 0 Å². The van der Waals surface area contributed by atoms with E-state index < -0.39 is 80.4 Å². The molecule has 4 aliphatic heterocycles. The van der Waals surface area contributed by atoms with Gasteiger partial charge in [-0.15, -0.1) is 0 Å². The molecule has 0 aromatic rings. The molecule has 13 heteroatoms. The van der Waals surface area contributed by atoms with Gasteiger partial charge in [-0.1, -0.05) is 39.3 Å². The monoisotopic (exact) mass is 738 g/mol. The summed E-state index contributed by atoms with van der Waals surface area (Å²) in [5.74, 6) is 2.92. The first-order valence-electron chi connectivity index (χ1n) is 20.0. The van der Waals surface area contributed by atoms with E-state index in [1.165, 1.54) is 24.8 Å². The lowest BCUT2D eigenvalue weighted by molar-refractivity contribution is -0.363. The van der Waals surface area contributed by atoms with Crippen LogP contribution in [-0.4, -0.2) is 135 Å². The van der Waals surface area contributed by atoms with Crippen LogP contribution in [0.15, 0.2) is 11.6 Å². The molecule has 296 valence electrons. The van der Waals surface area contributed by atoms with Crippen LogP contribution in [0.25, 0.3) is 0 Å². The Balaban J connectivity index is 0.913. The zero-order chi connectivity index (χ0) is 36.9. The number of aliphatic hydroxyl groups excluding tert-OH is 7. The summed E-state index contributed by atoms with van der Waals surface area (Å²) >= 11 is 0. The van der Waals surface area contributed by atoms with E-state index in [0.717, 1.165) is 38.7 Å². The van der Waals surface area contributed by atoms with Gasteiger partial charge in [0.25, 0.3) is 0 Å². The van der Waals surface area contributed by atoms with Crippen LogP contribution in [-0.2, 0) is 28.4 Å². The van der Waals surface area contributed by atoms with E-state index in [-0.39, 0.29) is 23.0 Å². The lowest BCUT2D eigenvalue weighted by Crippen LogP contribution is -2.65. The van der Waals surface area contributed by atoms with Gasteiger partial charge < -0.3 is 64.2 Å². The van der Waals surface area contributed by atoms with Gasteiger partial charge >= 0.3 is 0 Å². The average molecular weight is 739 g/mol. The third-order valence-electron chi connectivity index (χ3n) is 15.6. The van der Waals surface area contributed by atoms with Crippen LogP contribution in [0.5, 0.6) is 0 Å². The number of hydrogen-bond donors (Lipinski definition) is 7. The van der Waals surface area contributed by atoms with Crippen LogP contribution in [0, 0.1) is 46.3 Å². The summed E-state index contributed by atoms with van der Waals surface area (Å²) in [6, 6.07) is 0. The van der Waals surface area contributed by atoms with Crippen LogP contribution in [0.4, 0.5) is 0 Å². The minimum atomic E-state index is -1.72. The summed E-state index contributed by atoms with van der Waals surface area (Å²) in [4.78, 5) is 0. The maximum Gasteiger partial charge on any atom is 0.187 e. The van der Waals surface area contributed by atoms with Crippen molar-refractivity contribution in [2.24, 2.45) is 46.3 Å². The van der Waals surface area contributed by atoms with Crippen molar-refractivity contribution >= 4 is 0 Å². The number of allylic oxidation sites excluding steroid dienone is 1. The molecule has 0 bridgehead atoms. The van der Waals surface area contributed by atoms with Gasteiger partial charge in [0.05, 0.1) is 32.0 Å². The summed E-state index contributed by atoms with van der Waals surface area (Å²) in [6.45, 7) is 9.20. The Morgan fingerprint density at radius 2 is 1.50 bits per heavy atom. The second-order valence-corrected chi connectivity index (χ2v) is 18.3. The predicted octanol–water partition coefficient (Wildman–Crippen LogP) is 1.36. The summed E-state index contributed by atoms with van der Waals surface area (Å²) in [5.41, 5.74) is 1.70. The number of aliphatic hydroxyl groups is 7. The van der Waals surface area contributed by atoms with Gasteiger partial charge in [-0.05, 0) is 91.8 Å². The fourth-order valence-electron chi connectivity index (χ4n) is 12.6. The van der Waals surface area contributed by atoms with Gasteiger partial charge in [0.2, 0.25) is 0 Å². The Hall–Kier alpha value is -0.780. The first-order valence-corrected chi connectivity index (χ1v) is 20.0. The highest BCUT2D eigenvalue weighted by molar-refractivity contribution is 5.26. The van der Waals surface area contributed by atoms with Crippen molar-refractivity contribution in [2.45, 2.75) is 165 Å². The van der Waals surface area contributed by atoms with Crippen molar-refractivity contribution < 1.29 is 64.2 Å². The molecule has 0 aromatic heterocycles. The Morgan fingerprint density at radius 3 is 2.21 bits per heavy atom. The fraction of sp³-hybridized carbons (Fsp3) is 0.949. The van der Waals surface area contributed by atoms with E-state index in [4.69, 9.17) is 28.4 Å². The van der Waals surface area contributed by atoms with E-state index >= 15 is 0 Å². The van der Waals surface area contributed by atoms with Gasteiger partial charge in [-0.25, -0.2) is 0 Å². The number of hydrogen-bond acceptors (Lipinski definition) is 13. The number of ether oxygens (including phenoxy) is 6. The standard InChI is InChI=1S/C39H62O13/c1-18-7-12-39(47-17-18)19(2)28-25(52-39)14-24-22-6-5-20-13-21(8-10-37(20,3)23(22)9-11-38(24,28)4)48-35-33(46)31(44)34(27(16-41)50-35)51-36-32(45)30(43)29(42)26(15-40)49-36/h5,18-19,21-36,40-46H,6-17H2,1-4H3/t18-,19+,21?,22?,23?,24?,25+,26-,27-,28+,29-,30+,31-,32-,33-,34+,35-,36+,37+,38+,39-/m1/s1. The minimum Gasteiger partial charge on any atom is -0.394 e. The highest BCUT2D eigenvalue weighted by Crippen LogP contribution is 2.70. The van der Waals surface area contributed by atoms with Crippen LogP contribution < -0.4 is 0 Å². The fourth-order valence-corrected chi connectivity index (χ4v) is 12.6. The highest BCUT2D eigenvalue weighted by atomic mass is 16.7. The molecule has 0 amide bonds. The van der Waals surface area contributed by atoms with E-state index in [1.54, 1.807) is 0 Å². The molecule has 52 heavy (non-hydrogen) atoms. The molecular formula is C39H62O13. The topological polar surface area (TPSA) is 197 Å². The average Bonchev–Trinajstić information content (AvgIpc) is 3.58. The molecular weight excluding hydrogens is 676 g/mol. The molecule has 3 saturated carbocycles. The van der Waals surface area contributed by atoms with Crippen molar-refractivity contribution in [1.29, 1.82) is 0 Å². The lowest BCUT2D eigenvalue weighted by Gasteiger charge is -2.58. The van der Waals surface area contributed by atoms with Crippen molar-refractivity contribution in [3.63, 3.8) is 0 Å². The third kappa shape index (κ3) is 5.90. The zero-order valence-corrected chi connectivity index (χ0v) is 31.0. The molecule has 13 nitrogen and oxygen atoms in total. The molecule has 4 aliphatic carbocycles. The van der Waals surface area contributed by atoms with E-state index in [0.29, 0.717) is 41.9 Å². The van der Waals surface area contributed by atoms with Gasteiger partial charge in [-0.3, -0.25) is 0 Å². The maximum absolute atomic E-state index is 11.1. The molecule has 7 fully saturated rings. The molecule has 8 aliphatic rings. The Kier molecular flexibility index (Phi) is 10.3. The molecule has 0 radical (unpaired) electrons. The summed E-state index contributed by atoms with van der Waals surface area (Å²) in [5, 5.41) is 72.7. The Morgan fingerprint density at radius 1 is 0.788 bits per heavy atom. The molecule has 8 rings (SSSR count). The first kappa shape index (κ1) is 38.1. The van der Waals surface area contributed by atoms with Crippen LogP contribution in [0.3, 0.4) is 0 Å². The maximum atomic E-state index is 11.1. The smallest absolute Gasteiger partial charge is 0.187 e. The summed E-state index contributed by atoms with van der Waals surface area (Å²) < 4.78 is 36.9. The van der Waals surface area contributed by atoms with Gasteiger partial charge in [0.15, 0.2) is 18.4 Å². The normalized spacial score (nSPS) is 57.5.